The molecule has 122 valence electrons. The molecule has 1 aromatic carbocycles. The number of phenolic OH excluding ortho intramolecular Hbond substituents is 1. The Morgan fingerprint density at radius 2 is 1.83 bits per heavy atom. The Morgan fingerprint density at radius 1 is 1.30 bits per heavy atom. The van der Waals surface area contributed by atoms with Crippen LogP contribution in [0.4, 0.5) is 0 Å². The number of benzene rings is 1. The van der Waals surface area contributed by atoms with Crippen molar-refractivity contribution in [1.82, 2.24) is 9.80 Å². The van der Waals surface area contributed by atoms with E-state index in [2.05, 4.69) is 15.9 Å². The fourth-order valence-corrected chi connectivity index (χ4v) is 2.79. The van der Waals surface area contributed by atoms with Crippen molar-refractivity contribution in [3.63, 3.8) is 0 Å². The second-order valence-corrected chi connectivity index (χ2v) is 6.25. The smallest absolute Gasteiger partial charge is 0.265 e. The van der Waals surface area contributed by atoms with E-state index >= 15 is 0 Å². The topological polar surface area (TPSA) is 70.1 Å². The summed E-state index contributed by atoms with van der Waals surface area (Å²) in [7, 11) is 4.34. The Hall–Kier alpha value is -1.64. The Morgan fingerprint density at radius 3 is 2.30 bits per heavy atom. The summed E-state index contributed by atoms with van der Waals surface area (Å²) in [6.45, 7) is 0. The minimum absolute atomic E-state index is 0.0177. The molecule has 2 amide bonds. The van der Waals surface area contributed by atoms with Crippen LogP contribution in [0.25, 0.3) is 6.08 Å². The number of likely N-dealkylation sites (N-methyl/N-ethyl adjacent to an activating group) is 2. The summed E-state index contributed by atoms with van der Waals surface area (Å²) in [5.74, 6) is -1.15. The molecule has 0 atom stereocenters. The lowest BCUT2D eigenvalue weighted by molar-refractivity contribution is -0.132. The number of carbonyl (C=O) groups excluding carboxylic acids is 2. The average Bonchev–Trinajstić information content (AvgIpc) is 2.54. The van der Waals surface area contributed by atoms with Crippen molar-refractivity contribution in [2.24, 2.45) is 0 Å². The van der Waals surface area contributed by atoms with Gasteiger partial charge in [0, 0.05) is 18.6 Å². The van der Waals surface area contributed by atoms with Gasteiger partial charge >= 0.3 is 0 Å². The maximum absolute atomic E-state index is 12.3. The zero-order valence-electron chi connectivity index (χ0n) is 12.4. The number of thiocarbonyl (C=S) groups is 1. The van der Waals surface area contributed by atoms with E-state index in [1.165, 1.54) is 43.1 Å². The number of hydrogen-bond donors (Lipinski definition) is 1. The maximum atomic E-state index is 12.3. The molecule has 9 heteroatoms. The van der Waals surface area contributed by atoms with E-state index < -0.39 is 11.8 Å². The molecule has 1 N–H and O–H groups in total. The first-order valence-electron chi connectivity index (χ1n) is 6.27. The summed E-state index contributed by atoms with van der Waals surface area (Å²) in [5, 5.41) is 10.00. The predicted octanol–water partition coefficient (Wildman–Crippen LogP) is 2.42. The Kier molecular flexibility index (Phi) is 4.98. The zero-order chi connectivity index (χ0) is 17.5. The van der Waals surface area contributed by atoms with Gasteiger partial charge in [0.05, 0.1) is 7.11 Å². The molecule has 0 radical (unpaired) electrons. The first-order valence-corrected chi connectivity index (χ1v) is 7.85. The Balaban J connectivity index is 2.61. The molecular weight excluding hydrogens is 408 g/mol. The lowest BCUT2D eigenvalue weighted by atomic mass is 10.1. The summed E-state index contributed by atoms with van der Waals surface area (Å²) in [5.41, 5.74) is 0.337. The fourth-order valence-electron chi connectivity index (χ4n) is 2.00. The number of phenols is 1. The number of amides is 2. The molecule has 0 spiro atoms. The standard InChI is InChI=1S/C14H12BrClN2O4S/c1-17-12(20)7(13(21)18(2)14(17)23)4-6-5-8(22-3)11(19)10(16)9(6)15/h4-5,19H,1-3H3. The number of ether oxygens (including phenoxy) is 1. The largest absolute Gasteiger partial charge is 0.503 e. The zero-order valence-corrected chi connectivity index (χ0v) is 15.5. The van der Waals surface area contributed by atoms with E-state index in [9.17, 15) is 14.7 Å². The molecule has 2 rings (SSSR count). The second kappa shape index (κ2) is 6.46. The Labute approximate surface area is 151 Å². The molecule has 1 saturated heterocycles. The SMILES string of the molecule is COc1cc(C=C2C(=O)N(C)C(=S)N(C)C2=O)c(Br)c(Cl)c1O. The normalized spacial score (nSPS) is 15.3. The summed E-state index contributed by atoms with van der Waals surface area (Å²) in [6.07, 6.45) is 1.37. The van der Waals surface area contributed by atoms with Crippen LogP contribution in [0.5, 0.6) is 11.5 Å². The molecule has 1 aromatic rings. The Bertz CT molecular complexity index is 740. The summed E-state index contributed by atoms with van der Waals surface area (Å²) in [6, 6.07) is 1.46. The summed E-state index contributed by atoms with van der Waals surface area (Å²) >= 11 is 14.3. The number of hydrogen-bond acceptors (Lipinski definition) is 5. The fraction of sp³-hybridized carbons (Fsp3) is 0.214. The van der Waals surface area contributed by atoms with Crippen LogP contribution in [0, 0.1) is 0 Å². The minimum Gasteiger partial charge on any atom is -0.503 e. The minimum atomic E-state index is -0.520. The van der Waals surface area contributed by atoms with Crippen molar-refractivity contribution in [1.29, 1.82) is 0 Å². The lowest BCUT2D eigenvalue weighted by Crippen LogP contribution is -2.52. The van der Waals surface area contributed by atoms with Crippen molar-refractivity contribution in [2.45, 2.75) is 0 Å². The monoisotopic (exact) mass is 418 g/mol. The number of rotatable bonds is 2. The third-order valence-electron chi connectivity index (χ3n) is 3.34. The van der Waals surface area contributed by atoms with Crippen LogP contribution in [-0.4, -0.2) is 53.0 Å². The highest BCUT2D eigenvalue weighted by Crippen LogP contribution is 2.42. The van der Waals surface area contributed by atoms with Gasteiger partial charge in [-0.1, -0.05) is 11.6 Å². The van der Waals surface area contributed by atoms with Crippen LogP contribution in [0.1, 0.15) is 5.56 Å². The van der Waals surface area contributed by atoms with Gasteiger partial charge in [0.25, 0.3) is 11.8 Å². The van der Waals surface area contributed by atoms with E-state index in [0.29, 0.717) is 10.0 Å². The van der Waals surface area contributed by atoms with Crippen LogP contribution in [-0.2, 0) is 9.59 Å². The molecule has 23 heavy (non-hydrogen) atoms. The third kappa shape index (κ3) is 2.93. The molecule has 1 heterocycles. The molecule has 0 aromatic heterocycles. The quantitative estimate of drug-likeness (QED) is 0.453. The van der Waals surface area contributed by atoms with Gasteiger partial charge in [-0.05, 0) is 45.9 Å². The van der Waals surface area contributed by atoms with Crippen molar-refractivity contribution in [3.8, 4) is 11.5 Å². The number of aromatic hydroxyl groups is 1. The van der Waals surface area contributed by atoms with Gasteiger partial charge in [0.2, 0.25) is 0 Å². The van der Waals surface area contributed by atoms with E-state index in [0.717, 1.165) is 0 Å². The third-order valence-corrected chi connectivity index (χ3v) is 5.34. The number of methoxy groups -OCH3 is 1. The average molecular weight is 420 g/mol. The first-order chi connectivity index (χ1) is 10.7. The first kappa shape index (κ1) is 17.7. The van der Waals surface area contributed by atoms with Gasteiger partial charge in [-0.3, -0.25) is 19.4 Å². The number of halogens is 2. The lowest BCUT2D eigenvalue weighted by Gasteiger charge is -2.31. The van der Waals surface area contributed by atoms with Gasteiger partial charge in [-0.2, -0.15) is 0 Å². The van der Waals surface area contributed by atoms with E-state index in [-0.39, 0.29) is 27.2 Å². The van der Waals surface area contributed by atoms with Crippen LogP contribution in [0.3, 0.4) is 0 Å². The molecule has 1 aliphatic heterocycles. The second-order valence-electron chi connectivity index (χ2n) is 4.71. The number of nitrogens with zero attached hydrogens (tertiary/aromatic N) is 2. The molecule has 0 bridgehead atoms. The molecule has 1 aliphatic rings. The highest BCUT2D eigenvalue weighted by molar-refractivity contribution is 9.10. The maximum Gasteiger partial charge on any atom is 0.265 e. The van der Waals surface area contributed by atoms with Crippen molar-refractivity contribution < 1.29 is 19.4 Å². The van der Waals surface area contributed by atoms with E-state index in [4.69, 9.17) is 28.6 Å². The predicted molar refractivity (Wildman–Crippen MR) is 93.5 cm³/mol. The highest BCUT2D eigenvalue weighted by atomic mass is 79.9. The van der Waals surface area contributed by atoms with Gasteiger partial charge < -0.3 is 9.84 Å². The summed E-state index contributed by atoms with van der Waals surface area (Å²) in [4.78, 5) is 27.0. The molecule has 0 saturated carbocycles. The van der Waals surface area contributed by atoms with Crippen LogP contribution >= 0.6 is 39.7 Å². The number of carbonyl (C=O) groups is 2. The van der Waals surface area contributed by atoms with Crippen molar-refractivity contribution >= 4 is 62.8 Å². The molecule has 1 fully saturated rings. The van der Waals surface area contributed by atoms with Crippen LogP contribution < -0.4 is 4.74 Å². The van der Waals surface area contributed by atoms with Gasteiger partial charge in [0.1, 0.15) is 10.6 Å². The van der Waals surface area contributed by atoms with E-state index in [1.54, 1.807) is 0 Å². The van der Waals surface area contributed by atoms with Gasteiger partial charge in [-0.15, -0.1) is 0 Å². The van der Waals surface area contributed by atoms with Crippen molar-refractivity contribution in [3.05, 3.63) is 26.7 Å². The van der Waals surface area contributed by atoms with Crippen molar-refractivity contribution in [2.75, 3.05) is 21.2 Å². The molecular formula is C14H12BrClN2O4S. The van der Waals surface area contributed by atoms with Crippen LogP contribution in [0.15, 0.2) is 16.1 Å². The molecule has 6 nitrogen and oxygen atoms in total. The van der Waals surface area contributed by atoms with E-state index in [1.807, 2.05) is 0 Å². The molecule has 0 aliphatic carbocycles. The van der Waals surface area contributed by atoms with Crippen LogP contribution in [0.2, 0.25) is 5.02 Å². The summed E-state index contributed by atoms with van der Waals surface area (Å²) < 4.78 is 5.36. The van der Waals surface area contributed by atoms with Gasteiger partial charge in [-0.25, -0.2) is 0 Å². The van der Waals surface area contributed by atoms with Gasteiger partial charge in [0.15, 0.2) is 16.6 Å². The highest BCUT2D eigenvalue weighted by Gasteiger charge is 2.35. The molecule has 0 unspecified atom stereocenters.